The van der Waals surface area contributed by atoms with Crippen LogP contribution in [0.4, 0.5) is 0 Å². The number of unbranched alkanes of at least 4 members (excludes halogenated alkanes) is 1. The van der Waals surface area contributed by atoms with Crippen molar-refractivity contribution in [1.29, 1.82) is 0 Å². The first-order valence-electron chi connectivity index (χ1n) is 5.49. The Hall–Kier alpha value is -2.48. The lowest BCUT2D eigenvalue weighted by Gasteiger charge is -2.23. The molecule has 120 valence electrons. The van der Waals surface area contributed by atoms with Crippen LogP contribution in [0.15, 0.2) is 0 Å². The molecule has 0 aromatic carbocycles. The van der Waals surface area contributed by atoms with Gasteiger partial charge in [-0.05, 0) is 6.42 Å². The van der Waals surface area contributed by atoms with Crippen LogP contribution in [0.1, 0.15) is 26.2 Å². The van der Waals surface area contributed by atoms with Crippen LogP contribution in [0.3, 0.4) is 0 Å². The average molecular weight is 312 g/mol. The number of nitrogens with zero attached hydrogens (tertiary/aromatic N) is 4. The summed E-state index contributed by atoms with van der Waals surface area (Å²) >= 11 is 0. The lowest BCUT2D eigenvalue weighted by Crippen LogP contribution is -2.74. The molecule has 14 heteroatoms. The summed E-state index contributed by atoms with van der Waals surface area (Å²) in [6.07, 6.45) is -0.705. The van der Waals surface area contributed by atoms with E-state index in [0.717, 1.165) is 0 Å². The molecule has 0 bridgehead atoms. The van der Waals surface area contributed by atoms with Gasteiger partial charge in [-0.15, -0.1) is 0 Å². The first-order chi connectivity index (χ1) is 9.47. The maximum absolute atomic E-state index is 11.0. The predicted molar refractivity (Wildman–Crippen MR) is 61.2 cm³/mol. The van der Waals surface area contributed by atoms with Crippen LogP contribution in [-0.4, -0.2) is 47.5 Å². The van der Waals surface area contributed by atoms with Gasteiger partial charge in [-0.25, -0.2) is 0 Å². The minimum absolute atomic E-state index is 0.122. The fraction of sp³-hybridized carbons (Fsp3) is 1.00. The van der Waals surface area contributed by atoms with Gasteiger partial charge in [0.25, 0.3) is 0 Å². The summed E-state index contributed by atoms with van der Waals surface area (Å²) in [6, 6.07) is -2.80. The fourth-order valence-electron chi connectivity index (χ4n) is 1.76. The molecule has 0 aromatic heterocycles. The molecule has 0 amide bonds. The molecule has 0 spiro atoms. The lowest BCUT2D eigenvalue weighted by atomic mass is 9.93. The molecule has 21 heavy (non-hydrogen) atoms. The number of rotatable bonds is 9. The third-order valence-corrected chi connectivity index (χ3v) is 2.86. The summed E-state index contributed by atoms with van der Waals surface area (Å²) in [5.74, 6) is -4.76. The minimum atomic E-state index is -4.76. The zero-order valence-corrected chi connectivity index (χ0v) is 10.6. The average Bonchev–Trinajstić information content (AvgIpc) is 2.32. The summed E-state index contributed by atoms with van der Waals surface area (Å²) in [5.41, 5.74) is -4.44. The molecule has 0 aliphatic rings. The van der Waals surface area contributed by atoms with Gasteiger partial charge in [0.1, 0.15) is 14.8 Å². The normalized spacial score (nSPS) is 13.5. The Morgan fingerprint density at radius 2 is 1.38 bits per heavy atom. The van der Waals surface area contributed by atoms with E-state index >= 15 is 0 Å². The Morgan fingerprint density at radius 1 is 0.952 bits per heavy atom. The van der Waals surface area contributed by atoms with E-state index in [-0.39, 0.29) is 12.8 Å². The maximum Gasteiger partial charge on any atom is 0.646 e. The Labute approximate surface area is 115 Å². The summed E-state index contributed by atoms with van der Waals surface area (Å²) < 4.78 is 0. The van der Waals surface area contributed by atoms with Crippen LogP contribution in [-0.2, 0) is 0 Å². The molecule has 0 saturated heterocycles. The molecule has 0 fully saturated rings. The van der Waals surface area contributed by atoms with Crippen molar-refractivity contribution in [2.24, 2.45) is 0 Å². The van der Waals surface area contributed by atoms with Crippen LogP contribution < -0.4 is 0 Å². The Kier molecular flexibility index (Phi) is 5.57. The molecule has 0 saturated carbocycles. The molecule has 2 N–H and O–H groups in total. The van der Waals surface area contributed by atoms with E-state index in [1.54, 1.807) is 0 Å². The first-order valence-corrected chi connectivity index (χ1v) is 5.49. The van der Waals surface area contributed by atoms with E-state index in [0.29, 0.717) is 0 Å². The van der Waals surface area contributed by atoms with E-state index in [1.165, 1.54) is 6.92 Å². The molecule has 14 nitrogen and oxygen atoms in total. The van der Waals surface area contributed by atoms with Gasteiger partial charge in [0.05, 0.1) is 0 Å². The molecular formula is C7H12N4O10. The first kappa shape index (κ1) is 18.5. The molecule has 0 rings (SSSR count). The summed E-state index contributed by atoms with van der Waals surface area (Å²) in [7, 11) is 0. The van der Waals surface area contributed by atoms with Gasteiger partial charge < -0.3 is 0 Å². The van der Waals surface area contributed by atoms with Crippen LogP contribution in [0.2, 0.25) is 0 Å². The number of aliphatic hydroxyl groups is 2. The molecule has 0 radical (unpaired) electrons. The molecule has 0 heterocycles. The second-order valence-electron chi connectivity index (χ2n) is 4.08. The van der Waals surface area contributed by atoms with E-state index in [1.807, 2.05) is 0 Å². The highest BCUT2D eigenvalue weighted by Crippen LogP contribution is 2.33. The Morgan fingerprint density at radius 3 is 1.62 bits per heavy atom. The smallest absolute Gasteiger partial charge is 0.294 e. The molecule has 1 atom stereocenters. The van der Waals surface area contributed by atoms with Crippen LogP contribution in [0.5, 0.6) is 0 Å². The number of hydrogen-bond acceptors (Lipinski definition) is 10. The summed E-state index contributed by atoms with van der Waals surface area (Å²) in [5, 5.41) is 61.8. The van der Waals surface area contributed by atoms with Crippen molar-refractivity contribution in [3.05, 3.63) is 40.5 Å². The second-order valence-corrected chi connectivity index (χ2v) is 4.08. The van der Waals surface area contributed by atoms with Crippen molar-refractivity contribution >= 4 is 0 Å². The quantitative estimate of drug-likeness (QED) is 0.300. The SMILES string of the molecule is CCCCC([N+](=O)[O-])C([N+](=O)[O-])([N+](=O)[O-])C(O)(O)[N+](=O)[O-]. The zero-order valence-electron chi connectivity index (χ0n) is 10.6. The molecule has 0 aliphatic carbocycles. The van der Waals surface area contributed by atoms with E-state index in [2.05, 4.69) is 0 Å². The van der Waals surface area contributed by atoms with E-state index in [9.17, 15) is 50.7 Å². The van der Waals surface area contributed by atoms with Crippen molar-refractivity contribution in [1.82, 2.24) is 0 Å². The highest BCUT2D eigenvalue weighted by atomic mass is 16.8. The van der Waals surface area contributed by atoms with Crippen LogP contribution in [0, 0.1) is 40.5 Å². The molecule has 0 aliphatic heterocycles. The third kappa shape index (κ3) is 2.84. The number of nitro groups is 4. The minimum Gasteiger partial charge on any atom is -0.294 e. The highest BCUT2D eigenvalue weighted by molar-refractivity contribution is 4.85. The van der Waals surface area contributed by atoms with Crippen LogP contribution >= 0.6 is 0 Å². The van der Waals surface area contributed by atoms with E-state index < -0.39 is 43.7 Å². The zero-order chi connectivity index (χ0) is 17.0. The van der Waals surface area contributed by atoms with Crippen molar-refractivity contribution in [2.45, 2.75) is 43.8 Å². The third-order valence-electron chi connectivity index (χ3n) is 2.86. The Balaban J connectivity index is 6.37. The lowest BCUT2D eigenvalue weighted by molar-refractivity contribution is -0.918. The summed E-state index contributed by atoms with van der Waals surface area (Å²) in [6.45, 7) is 1.51. The largest absolute Gasteiger partial charge is 0.646 e. The molecule has 1 unspecified atom stereocenters. The standard InChI is InChI=1S/C7H12N4O10/c1-2-3-4-5(8(14)15)6(9(16)17,10(18)19)7(12,13)11(20)21/h5,12-13H,2-4H2,1H3. The highest BCUT2D eigenvalue weighted by Gasteiger charge is 2.91. The molecular weight excluding hydrogens is 300 g/mol. The fourth-order valence-corrected chi connectivity index (χ4v) is 1.76. The number of hydrogen-bond donors (Lipinski definition) is 2. The topological polar surface area (TPSA) is 213 Å². The van der Waals surface area contributed by atoms with Crippen molar-refractivity contribution in [3.8, 4) is 0 Å². The van der Waals surface area contributed by atoms with Crippen molar-refractivity contribution in [3.63, 3.8) is 0 Å². The maximum atomic E-state index is 11.0. The van der Waals surface area contributed by atoms with Gasteiger partial charge in [-0.2, -0.15) is 0 Å². The van der Waals surface area contributed by atoms with Gasteiger partial charge in [0.15, 0.2) is 0 Å². The molecule has 0 aromatic rings. The predicted octanol–water partition coefficient (Wildman–Crippen LogP) is -1.01. The van der Waals surface area contributed by atoms with Gasteiger partial charge in [0.2, 0.25) is 0 Å². The van der Waals surface area contributed by atoms with Crippen molar-refractivity contribution in [2.75, 3.05) is 0 Å². The van der Waals surface area contributed by atoms with Gasteiger partial charge in [0, 0.05) is 11.3 Å². The van der Waals surface area contributed by atoms with Gasteiger partial charge >= 0.3 is 17.6 Å². The Bertz CT molecular complexity index is 448. The van der Waals surface area contributed by atoms with Crippen LogP contribution in [0.25, 0.3) is 0 Å². The second kappa shape index (κ2) is 6.31. The van der Waals surface area contributed by atoms with Crippen molar-refractivity contribution < 1.29 is 29.9 Å². The van der Waals surface area contributed by atoms with Gasteiger partial charge in [-0.3, -0.25) is 50.7 Å². The monoisotopic (exact) mass is 312 g/mol. The van der Waals surface area contributed by atoms with E-state index in [4.69, 9.17) is 0 Å². The summed E-state index contributed by atoms with van der Waals surface area (Å²) in [4.78, 5) is 35.7. The van der Waals surface area contributed by atoms with Gasteiger partial charge in [-0.1, -0.05) is 13.3 Å².